The number of halogens is 1. The fourth-order valence-corrected chi connectivity index (χ4v) is 3.34. The summed E-state index contributed by atoms with van der Waals surface area (Å²) in [6.07, 6.45) is 0. The van der Waals surface area contributed by atoms with Gasteiger partial charge in [0.2, 0.25) is 0 Å². The number of benzene rings is 2. The number of anilines is 1. The highest BCUT2D eigenvalue weighted by atomic mass is 32.2. The Morgan fingerprint density at radius 1 is 1.24 bits per heavy atom. The topological polar surface area (TPSA) is 72.2 Å². The molecule has 2 rings (SSSR count). The summed E-state index contributed by atoms with van der Waals surface area (Å²) >= 11 is 4.84. The van der Waals surface area contributed by atoms with Gasteiger partial charge in [0, 0.05) is 5.56 Å². The lowest BCUT2D eigenvalue weighted by molar-refractivity contribution is 0.598. The van der Waals surface area contributed by atoms with Crippen molar-refractivity contribution in [2.45, 2.75) is 11.8 Å². The van der Waals surface area contributed by atoms with Crippen LogP contribution >= 0.6 is 12.2 Å². The molecule has 0 aliphatic rings. The first-order valence-corrected chi connectivity index (χ1v) is 7.88. The average molecular weight is 324 g/mol. The number of aryl methyl sites for hydroxylation is 1. The molecule has 4 nitrogen and oxygen atoms in total. The third kappa shape index (κ3) is 3.37. The highest BCUT2D eigenvalue weighted by molar-refractivity contribution is 7.93. The van der Waals surface area contributed by atoms with E-state index >= 15 is 0 Å². The maximum atomic E-state index is 13.8. The van der Waals surface area contributed by atoms with Gasteiger partial charge < -0.3 is 5.73 Å². The molecule has 0 aromatic heterocycles. The summed E-state index contributed by atoms with van der Waals surface area (Å²) in [6, 6.07) is 10.3. The molecule has 0 aliphatic heterocycles. The number of nitrogens with one attached hydrogen (secondary N) is 1. The van der Waals surface area contributed by atoms with E-state index in [0.717, 1.165) is 0 Å². The molecule has 0 saturated heterocycles. The van der Waals surface area contributed by atoms with E-state index < -0.39 is 15.8 Å². The van der Waals surface area contributed by atoms with Crippen LogP contribution in [0.25, 0.3) is 0 Å². The maximum absolute atomic E-state index is 13.8. The van der Waals surface area contributed by atoms with Gasteiger partial charge in [-0.25, -0.2) is 12.8 Å². The van der Waals surface area contributed by atoms with Crippen molar-refractivity contribution >= 4 is 32.9 Å². The van der Waals surface area contributed by atoms with Crippen molar-refractivity contribution in [3.05, 3.63) is 59.4 Å². The van der Waals surface area contributed by atoms with E-state index in [1.165, 1.54) is 24.3 Å². The molecule has 7 heteroatoms. The van der Waals surface area contributed by atoms with Gasteiger partial charge >= 0.3 is 0 Å². The second kappa shape index (κ2) is 5.79. The molecule has 0 radical (unpaired) electrons. The van der Waals surface area contributed by atoms with E-state index in [1.807, 2.05) is 0 Å². The molecule has 3 N–H and O–H groups in total. The molecule has 0 spiro atoms. The van der Waals surface area contributed by atoms with E-state index in [9.17, 15) is 12.8 Å². The lowest BCUT2D eigenvalue weighted by atomic mass is 10.2. The average Bonchev–Trinajstić information content (AvgIpc) is 2.42. The van der Waals surface area contributed by atoms with Crippen LogP contribution in [-0.4, -0.2) is 13.4 Å². The summed E-state index contributed by atoms with van der Waals surface area (Å²) < 4.78 is 40.7. The zero-order valence-electron chi connectivity index (χ0n) is 11.1. The number of sulfonamides is 1. The molecule has 0 unspecified atom stereocenters. The van der Waals surface area contributed by atoms with Crippen LogP contribution in [0, 0.1) is 12.7 Å². The Balaban J connectivity index is 2.46. The molecule has 0 aliphatic carbocycles. The first-order valence-electron chi connectivity index (χ1n) is 5.99. The van der Waals surface area contributed by atoms with Crippen molar-refractivity contribution in [3.63, 3.8) is 0 Å². The molecule has 0 fully saturated rings. The Labute approximate surface area is 127 Å². The van der Waals surface area contributed by atoms with Gasteiger partial charge in [-0.3, -0.25) is 4.72 Å². The fourth-order valence-electron chi connectivity index (χ4n) is 1.81. The molecular weight excluding hydrogens is 311 g/mol. The van der Waals surface area contributed by atoms with Gasteiger partial charge in [-0.2, -0.15) is 0 Å². The van der Waals surface area contributed by atoms with Gasteiger partial charge in [0.15, 0.2) is 0 Å². The van der Waals surface area contributed by atoms with Gasteiger partial charge in [0.05, 0.1) is 10.6 Å². The van der Waals surface area contributed by atoms with Gasteiger partial charge in [0.1, 0.15) is 10.8 Å². The molecule has 0 heterocycles. The number of hydrogen-bond acceptors (Lipinski definition) is 3. The third-order valence-electron chi connectivity index (χ3n) is 2.81. The predicted molar refractivity (Wildman–Crippen MR) is 84.3 cm³/mol. The first kappa shape index (κ1) is 15.4. The molecule has 110 valence electrons. The van der Waals surface area contributed by atoms with Crippen molar-refractivity contribution in [1.29, 1.82) is 0 Å². The standard InChI is InChI=1S/C14H13FN2O2S2/c1-9-6-7-12(11(15)8-9)17-21(18,19)13-5-3-2-4-10(13)14(16)20/h2-8,17H,1H3,(H2,16,20). The SMILES string of the molecule is Cc1ccc(NS(=O)(=O)c2ccccc2C(N)=S)c(F)c1. The van der Waals surface area contributed by atoms with Crippen LogP contribution in [-0.2, 0) is 10.0 Å². The third-order valence-corrected chi connectivity index (χ3v) is 4.45. The Morgan fingerprint density at radius 3 is 2.52 bits per heavy atom. The summed E-state index contributed by atoms with van der Waals surface area (Å²) in [6.45, 7) is 1.71. The van der Waals surface area contributed by atoms with Crippen LogP contribution in [0.2, 0.25) is 0 Å². The normalized spacial score (nSPS) is 11.1. The summed E-state index contributed by atoms with van der Waals surface area (Å²) in [5.41, 5.74) is 6.30. The summed E-state index contributed by atoms with van der Waals surface area (Å²) in [7, 11) is -3.98. The van der Waals surface area contributed by atoms with Crippen LogP contribution in [0.15, 0.2) is 47.4 Å². The highest BCUT2D eigenvalue weighted by Crippen LogP contribution is 2.22. The Morgan fingerprint density at radius 2 is 1.90 bits per heavy atom. The molecular formula is C14H13FN2O2S2. The molecule has 2 aromatic rings. The van der Waals surface area contributed by atoms with E-state index in [1.54, 1.807) is 25.1 Å². The monoisotopic (exact) mass is 324 g/mol. The number of hydrogen-bond donors (Lipinski definition) is 2. The smallest absolute Gasteiger partial charge is 0.262 e. The van der Waals surface area contributed by atoms with Crippen LogP contribution in [0.5, 0.6) is 0 Å². The highest BCUT2D eigenvalue weighted by Gasteiger charge is 2.20. The quantitative estimate of drug-likeness (QED) is 0.848. The number of nitrogens with two attached hydrogens (primary N) is 1. The molecule has 21 heavy (non-hydrogen) atoms. The van der Waals surface area contributed by atoms with Gasteiger partial charge in [0.25, 0.3) is 10.0 Å². The van der Waals surface area contributed by atoms with Gasteiger partial charge in [-0.15, -0.1) is 0 Å². The van der Waals surface area contributed by atoms with Crippen LogP contribution in [0.1, 0.15) is 11.1 Å². The minimum Gasteiger partial charge on any atom is -0.389 e. The molecule has 0 saturated carbocycles. The Kier molecular flexibility index (Phi) is 4.24. The van der Waals surface area contributed by atoms with Crippen LogP contribution in [0.4, 0.5) is 10.1 Å². The lowest BCUT2D eigenvalue weighted by Crippen LogP contribution is -2.20. The van der Waals surface area contributed by atoms with E-state index in [0.29, 0.717) is 5.56 Å². The lowest BCUT2D eigenvalue weighted by Gasteiger charge is -2.12. The van der Waals surface area contributed by atoms with Crippen molar-refractivity contribution in [1.82, 2.24) is 0 Å². The Hall–Kier alpha value is -1.99. The van der Waals surface area contributed by atoms with E-state index in [-0.39, 0.29) is 21.1 Å². The fraction of sp³-hybridized carbons (Fsp3) is 0.0714. The van der Waals surface area contributed by atoms with Gasteiger partial charge in [-0.05, 0) is 30.7 Å². The summed E-state index contributed by atoms with van der Waals surface area (Å²) in [5, 5.41) is 0. The van der Waals surface area contributed by atoms with Crippen molar-refractivity contribution < 1.29 is 12.8 Å². The summed E-state index contributed by atoms with van der Waals surface area (Å²) in [5.74, 6) is -0.647. The van der Waals surface area contributed by atoms with Crippen molar-refractivity contribution in [3.8, 4) is 0 Å². The van der Waals surface area contributed by atoms with Gasteiger partial charge in [-0.1, -0.05) is 36.5 Å². The van der Waals surface area contributed by atoms with E-state index in [2.05, 4.69) is 4.72 Å². The predicted octanol–water partition coefficient (Wildman–Crippen LogP) is 2.57. The van der Waals surface area contributed by atoms with Crippen molar-refractivity contribution in [2.75, 3.05) is 4.72 Å². The molecule has 0 bridgehead atoms. The molecule has 2 aromatic carbocycles. The number of rotatable bonds is 4. The zero-order valence-corrected chi connectivity index (χ0v) is 12.8. The minimum absolute atomic E-state index is 0.0413. The second-order valence-corrected chi connectivity index (χ2v) is 6.54. The zero-order chi connectivity index (χ0) is 15.6. The van der Waals surface area contributed by atoms with Crippen molar-refractivity contribution in [2.24, 2.45) is 5.73 Å². The second-order valence-electron chi connectivity index (χ2n) is 4.45. The molecule has 0 atom stereocenters. The maximum Gasteiger partial charge on any atom is 0.262 e. The minimum atomic E-state index is -3.98. The van der Waals surface area contributed by atoms with Crippen LogP contribution in [0.3, 0.4) is 0 Å². The first-order chi connectivity index (χ1) is 9.81. The van der Waals surface area contributed by atoms with Crippen LogP contribution < -0.4 is 10.5 Å². The molecule has 0 amide bonds. The number of thiocarbonyl (C=S) groups is 1. The van der Waals surface area contributed by atoms with E-state index in [4.69, 9.17) is 18.0 Å². The Bertz CT molecular complexity index is 804. The largest absolute Gasteiger partial charge is 0.389 e. The summed E-state index contributed by atoms with van der Waals surface area (Å²) in [4.78, 5) is -0.127.